The number of carbonyl (C=O) groups excluding carboxylic acids is 1. The molecule has 1 aliphatic rings. The normalized spacial score (nSPS) is 21.3. The number of ether oxygens (including phenoxy) is 1. The van der Waals surface area contributed by atoms with Gasteiger partial charge in [0.05, 0.1) is 19.3 Å². The summed E-state index contributed by atoms with van der Waals surface area (Å²) in [5, 5.41) is 3.01. The predicted molar refractivity (Wildman–Crippen MR) is 55.3 cm³/mol. The molecule has 1 rings (SSSR count). The zero-order valence-electron chi connectivity index (χ0n) is 9.72. The van der Waals surface area contributed by atoms with Gasteiger partial charge in [0.15, 0.2) is 0 Å². The van der Waals surface area contributed by atoms with E-state index in [2.05, 4.69) is 10.1 Å². The van der Waals surface area contributed by atoms with Gasteiger partial charge in [-0.15, -0.1) is 0 Å². The maximum Gasteiger partial charge on any atom is 0.411 e. The lowest BCUT2D eigenvalue weighted by Crippen LogP contribution is -2.33. The maximum atomic E-state index is 11.8. The van der Waals surface area contributed by atoms with Crippen LogP contribution in [0.1, 0.15) is 19.8 Å². The number of nitrogens with one attached hydrogen (secondary N) is 1. The third-order valence-corrected chi connectivity index (χ3v) is 2.49. The fourth-order valence-corrected chi connectivity index (χ4v) is 1.67. The van der Waals surface area contributed by atoms with E-state index in [1.165, 1.54) is 4.90 Å². The first kappa shape index (κ1) is 14.2. The van der Waals surface area contributed by atoms with Gasteiger partial charge in [0.1, 0.15) is 6.61 Å². The van der Waals surface area contributed by atoms with E-state index >= 15 is 0 Å². The number of nitrogens with zero attached hydrogens (tertiary/aromatic N) is 1. The van der Waals surface area contributed by atoms with Gasteiger partial charge in [-0.05, 0) is 6.42 Å². The quantitative estimate of drug-likeness (QED) is 0.722. The summed E-state index contributed by atoms with van der Waals surface area (Å²) >= 11 is 0. The van der Waals surface area contributed by atoms with E-state index in [1.54, 1.807) is 0 Å². The summed E-state index contributed by atoms with van der Waals surface area (Å²) in [4.78, 5) is 13.2. The van der Waals surface area contributed by atoms with Crippen LogP contribution < -0.4 is 5.32 Å². The standard InChI is InChI=1S/C10H17F3N2O2/c1-2-3-8-9(16)15(7-14-8)4-5-17-6-10(11,12)13/h8,14H,2-7H2,1H3. The SMILES string of the molecule is CCCC1NCN(CCOCC(F)(F)F)C1=O. The monoisotopic (exact) mass is 254 g/mol. The lowest BCUT2D eigenvalue weighted by atomic mass is 10.2. The average Bonchev–Trinajstić information content (AvgIpc) is 2.55. The summed E-state index contributed by atoms with van der Waals surface area (Å²) < 4.78 is 39.8. The highest BCUT2D eigenvalue weighted by Crippen LogP contribution is 2.14. The molecule has 100 valence electrons. The minimum Gasteiger partial charge on any atom is -0.370 e. The first-order valence-electron chi connectivity index (χ1n) is 5.60. The highest BCUT2D eigenvalue weighted by Gasteiger charge is 2.30. The Hall–Kier alpha value is -0.820. The van der Waals surface area contributed by atoms with Crippen molar-refractivity contribution < 1.29 is 22.7 Å². The Balaban J connectivity index is 2.19. The van der Waals surface area contributed by atoms with Gasteiger partial charge in [-0.1, -0.05) is 13.3 Å². The molecular weight excluding hydrogens is 237 g/mol. The minimum atomic E-state index is -4.31. The lowest BCUT2D eigenvalue weighted by molar-refractivity contribution is -0.174. The molecule has 4 nitrogen and oxygen atoms in total. The van der Waals surface area contributed by atoms with Crippen LogP contribution >= 0.6 is 0 Å². The van der Waals surface area contributed by atoms with Gasteiger partial charge in [-0.3, -0.25) is 10.1 Å². The molecule has 1 atom stereocenters. The summed E-state index contributed by atoms with van der Waals surface area (Å²) in [6.07, 6.45) is -2.67. The van der Waals surface area contributed by atoms with E-state index in [1.807, 2.05) is 6.92 Å². The van der Waals surface area contributed by atoms with Gasteiger partial charge < -0.3 is 9.64 Å². The van der Waals surface area contributed by atoms with E-state index in [9.17, 15) is 18.0 Å². The molecule has 17 heavy (non-hydrogen) atoms. The van der Waals surface area contributed by atoms with Gasteiger partial charge >= 0.3 is 6.18 Å². The van der Waals surface area contributed by atoms with Crippen LogP contribution in [0.5, 0.6) is 0 Å². The van der Waals surface area contributed by atoms with Crippen LogP contribution in [0.25, 0.3) is 0 Å². The van der Waals surface area contributed by atoms with Crippen molar-refractivity contribution in [1.29, 1.82) is 0 Å². The molecule has 0 spiro atoms. The Kier molecular flexibility index (Phi) is 5.20. The van der Waals surface area contributed by atoms with Crippen molar-refractivity contribution in [2.24, 2.45) is 0 Å². The summed E-state index contributed by atoms with van der Waals surface area (Å²) in [6, 6.07) is -0.192. The number of halogens is 3. The van der Waals surface area contributed by atoms with Crippen molar-refractivity contribution in [3.05, 3.63) is 0 Å². The van der Waals surface area contributed by atoms with E-state index in [0.717, 1.165) is 12.8 Å². The Morgan fingerprint density at radius 3 is 2.82 bits per heavy atom. The van der Waals surface area contributed by atoms with Crippen molar-refractivity contribution in [2.45, 2.75) is 32.0 Å². The fourth-order valence-electron chi connectivity index (χ4n) is 1.67. The summed E-state index contributed by atoms with van der Waals surface area (Å²) in [5.74, 6) is -0.0533. The highest BCUT2D eigenvalue weighted by atomic mass is 19.4. The summed E-state index contributed by atoms with van der Waals surface area (Å²) in [6.45, 7) is 1.21. The number of carbonyl (C=O) groups is 1. The molecular formula is C10H17F3N2O2. The Labute approximate surface area is 98.1 Å². The molecule has 1 aliphatic heterocycles. The Bertz CT molecular complexity index is 258. The van der Waals surface area contributed by atoms with Crippen LogP contribution in [0.15, 0.2) is 0 Å². The van der Waals surface area contributed by atoms with Crippen LogP contribution in [0.2, 0.25) is 0 Å². The van der Waals surface area contributed by atoms with E-state index < -0.39 is 12.8 Å². The topological polar surface area (TPSA) is 41.6 Å². The molecule has 1 amide bonds. The van der Waals surface area contributed by atoms with Gasteiger partial charge in [0.2, 0.25) is 5.91 Å². The zero-order chi connectivity index (χ0) is 12.9. The molecule has 1 saturated heterocycles. The molecule has 1 heterocycles. The van der Waals surface area contributed by atoms with E-state index in [4.69, 9.17) is 0 Å². The number of alkyl halides is 3. The number of rotatable bonds is 6. The van der Waals surface area contributed by atoms with Crippen molar-refractivity contribution in [3.63, 3.8) is 0 Å². The fraction of sp³-hybridized carbons (Fsp3) is 0.900. The molecule has 1 unspecified atom stereocenters. The Morgan fingerprint density at radius 2 is 2.24 bits per heavy atom. The number of hydrogen-bond donors (Lipinski definition) is 1. The van der Waals surface area contributed by atoms with Gasteiger partial charge in [0.25, 0.3) is 0 Å². The third kappa shape index (κ3) is 4.91. The molecule has 0 bridgehead atoms. The second-order valence-electron chi connectivity index (χ2n) is 3.97. The van der Waals surface area contributed by atoms with Crippen LogP contribution in [0.4, 0.5) is 13.2 Å². The number of hydrogen-bond acceptors (Lipinski definition) is 3. The average molecular weight is 254 g/mol. The van der Waals surface area contributed by atoms with E-state index in [0.29, 0.717) is 6.67 Å². The molecule has 1 N–H and O–H groups in total. The second-order valence-corrected chi connectivity index (χ2v) is 3.97. The molecule has 0 saturated carbocycles. The van der Waals surface area contributed by atoms with Gasteiger partial charge in [-0.2, -0.15) is 13.2 Å². The zero-order valence-corrected chi connectivity index (χ0v) is 9.72. The molecule has 0 radical (unpaired) electrons. The van der Waals surface area contributed by atoms with Crippen LogP contribution in [0, 0.1) is 0 Å². The summed E-state index contributed by atoms with van der Waals surface area (Å²) in [5.41, 5.74) is 0. The largest absolute Gasteiger partial charge is 0.411 e. The second kappa shape index (κ2) is 6.20. The first-order valence-corrected chi connectivity index (χ1v) is 5.60. The Morgan fingerprint density at radius 1 is 1.53 bits per heavy atom. The van der Waals surface area contributed by atoms with Crippen molar-refractivity contribution in [2.75, 3.05) is 26.4 Å². The molecule has 0 aromatic heterocycles. The van der Waals surface area contributed by atoms with Gasteiger partial charge in [-0.25, -0.2) is 0 Å². The van der Waals surface area contributed by atoms with Gasteiger partial charge in [0, 0.05) is 6.54 Å². The van der Waals surface area contributed by atoms with Crippen molar-refractivity contribution >= 4 is 5.91 Å². The molecule has 0 aromatic rings. The van der Waals surface area contributed by atoms with Crippen molar-refractivity contribution in [1.82, 2.24) is 10.2 Å². The van der Waals surface area contributed by atoms with E-state index in [-0.39, 0.29) is 25.1 Å². The first-order chi connectivity index (χ1) is 7.94. The highest BCUT2D eigenvalue weighted by molar-refractivity contribution is 5.83. The maximum absolute atomic E-state index is 11.8. The minimum absolute atomic E-state index is 0.0533. The molecule has 0 aromatic carbocycles. The molecule has 1 fully saturated rings. The van der Waals surface area contributed by atoms with Crippen LogP contribution in [-0.2, 0) is 9.53 Å². The summed E-state index contributed by atoms with van der Waals surface area (Å²) in [7, 11) is 0. The third-order valence-electron chi connectivity index (χ3n) is 2.49. The molecule has 0 aliphatic carbocycles. The predicted octanol–water partition coefficient (Wildman–Crippen LogP) is 1.12. The smallest absolute Gasteiger partial charge is 0.370 e. The van der Waals surface area contributed by atoms with Crippen LogP contribution in [0.3, 0.4) is 0 Å². The lowest BCUT2D eigenvalue weighted by Gasteiger charge is -2.15. The van der Waals surface area contributed by atoms with Crippen molar-refractivity contribution in [3.8, 4) is 0 Å². The number of amides is 1. The molecule has 7 heteroatoms. The van der Waals surface area contributed by atoms with Crippen LogP contribution in [-0.4, -0.2) is 49.5 Å².